The maximum Gasteiger partial charge on any atom is 0.0240 e. The number of nitrogens with one attached hydrogen (secondary N) is 1. The van der Waals surface area contributed by atoms with E-state index in [9.17, 15) is 0 Å². The second-order valence-electron chi connectivity index (χ2n) is 3.88. The molecule has 82 valence electrons. The summed E-state index contributed by atoms with van der Waals surface area (Å²) in [5, 5.41) is 3.50. The van der Waals surface area contributed by atoms with Gasteiger partial charge in [0.05, 0.1) is 0 Å². The van der Waals surface area contributed by atoms with Gasteiger partial charge in [-0.05, 0) is 19.4 Å². The van der Waals surface area contributed by atoms with Crippen molar-refractivity contribution < 1.29 is 0 Å². The highest BCUT2D eigenvalue weighted by molar-refractivity contribution is 4.89. The van der Waals surface area contributed by atoms with E-state index >= 15 is 0 Å². The topological polar surface area (TPSA) is 12.0 Å². The van der Waals surface area contributed by atoms with Crippen LogP contribution in [0.25, 0.3) is 0 Å². The van der Waals surface area contributed by atoms with Crippen LogP contribution < -0.4 is 5.32 Å². The second-order valence-corrected chi connectivity index (χ2v) is 3.88. The third-order valence-electron chi connectivity index (χ3n) is 2.57. The van der Waals surface area contributed by atoms with Gasteiger partial charge < -0.3 is 5.32 Å². The minimum atomic E-state index is 0.533. The first-order valence-corrected chi connectivity index (χ1v) is 6.02. The van der Waals surface area contributed by atoms with Crippen LogP contribution in [0.1, 0.15) is 58.8 Å². The van der Waals surface area contributed by atoms with Gasteiger partial charge in [-0.1, -0.05) is 39.5 Å². The fourth-order valence-electron chi connectivity index (χ4n) is 1.54. The molecule has 1 heteroatoms. The van der Waals surface area contributed by atoms with Crippen molar-refractivity contribution >= 4 is 0 Å². The van der Waals surface area contributed by atoms with Crippen molar-refractivity contribution in [1.82, 2.24) is 5.32 Å². The number of hydrogen-bond acceptors (Lipinski definition) is 1. The molecule has 0 aromatic carbocycles. The summed E-state index contributed by atoms with van der Waals surface area (Å²) in [6.07, 6.45) is 14.0. The SMILES string of the molecule is C#CCC(CC)NCCCCCCC. The Morgan fingerprint density at radius 1 is 1.14 bits per heavy atom. The number of hydrogen-bond donors (Lipinski definition) is 1. The van der Waals surface area contributed by atoms with Crippen LogP contribution in [-0.2, 0) is 0 Å². The summed E-state index contributed by atoms with van der Waals surface area (Å²) in [4.78, 5) is 0. The molecule has 1 N–H and O–H groups in total. The van der Waals surface area contributed by atoms with Crippen LogP contribution in [0, 0.1) is 12.3 Å². The molecule has 0 saturated carbocycles. The van der Waals surface area contributed by atoms with Gasteiger partial charge in [-0.3, -0.25) is 0 Å². The Morgan fingerprint density at radius 3 is 2.43 bits per heavy atom. The van der Waals surface area contributed by atoms with E-state index in [0.29, 0.717) is 6.04 Å². The first-order chi connectivity index (χ1) is 6.85. The van der Waals surface area contributed by atoms with Crippen LogP contribution in [0.3, 0.4) is 0 Å². The maximum absolute atomic E-state index is 5.28. The largest absolute Gasteiger partial charge is 0.313 e. The van der Waals surface area contributed by atoms with Crippen molar-refractivity contribution in [3.8, 4) is 12.3 Å². The predicted molar refractivity (Wildman–Crippen MR) is 64.3 cm³/mol. The minimum absolute atomic E-state index is 0.533. The first-order valence-electron chi connectivity index (χ1n) is 6.02. The lowest BCUT2D eigenvalue weighted by Crippen LogP contribution is -2.28. The molecule has 14 heavy (non-hydrogen) atoms. The Hall–Kier alpha value is -0.480. The monoisotopic (exact) mass is 195 g/mol. The molecule has 0 aliphatic carbocycles. The van der Waals surface area contributed by atoms with Crippen LogP contribution >= 0.6 is 0 Å². The van der Waals surface area contributed by atoms with E-state index in [0.717, 1.165) is 19.4 Å². The predicted octanol–water partition coefficient (Wildman–Crippen LogP) is 3.35. The molecule has 1 nitrogen and oxygen atoms in total. The van der Waals surface area contributed by atoms with Crippen molar-refractivity contribution in [1.29, 1.82) is 0 Å². The van der Waals surface area contributed by atoms with E-state index in [-0.39, 0.29) is 0 Å². The van der Waals surface area contributed by atoms with E-state index in [1.54, 1.807) is 0 Å². The minimum Gasteiger partial charge on any atom is -0.313 e. The summed E-state index contributed by atoms with van der Waals surface area (Å²) in [7, 11) is 0. The molecule has 1 unspecified atom stereocenters. The fraction of sp³-hybridized carbons (Fsp3) is 0.846. The van der Waals surface area contributed by atoms with Crippen LogP contribution in [0.5, 0.6) is 0 Å². The highest BCUT2D eigenvalue weighted by Crippen LogP contribution is 2.02. The summed E-state index contributed by atoms with van der Waals surface area (Å²) in [6, 6.07) is 0.533. The maximum atomic E-state index is 5.28. The molecule has 0 aromatic rings. The molecular weight excluding hydrogens is 170 g/mol. The Labute approximate surface area is 89.7 Å². The first kappa shape index (κ1) is 13.5. The van der Waals surface area contributed by atoms with Gasteiger partial charge in [0.1, 0.15) is 0 Å². The summed E-state index contributed by atoms with van der Waals surface area (Å²) < 4.78 is 0. The third-order valence-corrected chi connectivity index (χ3v) is 2.57. The molecule has 0 bridgehead atoms. The Kier molecular flexibility index (Phi) is 10.2. The summed E-state index contributed by atoms with van der Waals surface area (Å²) >= 11 is 0. The lowest BCUT2D eigenvalue weighted by Gasteiger charge is -2.13. The molecule has 0 saturated heterocycles. The van der Waals surface area contributed by atoms with Crippen LogP contribution in [0.2, 0.25) is 0 Å². The van der Waals surface area contributed by atoms with Gasteiger partial charge in [0.15, 0.2) is 0 Å². The van der Waals surface area contributed by atoms with Crippen molar-refractivity contribution in [3.05, 3.63) is 0 Å². The molecule has 0 aliphatic heterocycles. The Morgan fingerprint density at radius 2 is 1.86 bits per heavy atom. The van der Waals surface area contributed by atoms with Crippen molar-refractivity contribution in [2.24, 2.45) is 0 Å². The van der Waals surface area contributed by atoms with Gasteiger partial charge >= 0.3 is 0 Å². The Bertz CT molecular complexity index is 146. The summed E-state index contributed by atoms with van der Waals surface area (Å²) in [5.41, 5.74) is 0. The molecule has 0 aromatic heterocycles. The van der Waals surface area contributed by atoms with E-state index in [2.05, 4.69) is 25.1 Å². The third kappa shape index (κ3) is 8.13. The summed E-state index contributed by atoms with van der Waals surface area (Å²) in [5.74, 6) is 2.72. The molecule has 1 atom stereocenters. The van der Waals surface area contributed by atoms with Crippen LogP contribution in [0.15, 0.2) is 0 Å². The van der Waals surface area contributed by atoms with Crippen molar-refractivity contribution in [2.75, 3.05) is 6.54 Å². The van der Waals surface area contributed by atoms with E-state index in [1.165, 1.54) is 32.1 Å². The van der Waals surface area contributed by atoms with E-state index in [4.69, 9.17) is 6.42 Å². The molecule has 0 amide bonds. The standard InChI is InChI=1S/C13H25N/c1-4-7-8-9-10-12-14-13(6-3)11-5-2/h2,13-14H,4,6-12H2,1,3H3. The second kappa shape index (κ2) is 10.6. The lowest BCUT2D eigenvalue weighted by atomic mass is 10.1. The highest BCUT2D eigenvalue weighted by atomic mass is 14.9. The highest BCUT2D eigenvalue weighted by Gasteiger charge is 2.01. The van der Waals surface area contributed by atoms with Crippen molar-refractivity contribution in [2.45, 2.75) is 64.8 Å². The van der Waals surface area contributed by atoms with Gasteiger partial charge in [-0.2, -0.15) is 0 Å². The zero-order chi connectivity index (χ0) is 10.6. The molecule has 0 aliphatic rings. The Balaban J connectivity index is 3.21. The molecule has 0 spiro atoms. The molecule has 0 fully saturated rings. The lowest BCUT2D eigenvalue weighted by molar-refractivity contribution is 0.486. The average Bonchev–Trinajstić information content (AvgIpc) is 2.21. The quantitative estimate of drug-likeness (QED) is 0.439. The molecule has 0 radical (unpaired) electrons. The smallest absolute Gasteiger partial charge is 0.0240 e. The number of unbranched alkanes of at least 4 members (excludes halogenated alkanes) is 4. The van der Waals surface area contributed by atoms with E-state index < -0.39 is 0 Å². The van der Waals surface area contributed by atoms with Gasteiger partial charge in [0, 0.05) is 12.5 Å². The van der Waals surface area contributed by atoms with E-state index in [1.807, 2.05) is 0 Å². The average molecular weight is 195 g/mol. The number of terminal acetylenes is 1. The normalized spacial score (nSPS) is 12.4. The van der Waals surface area contributed by atoms with Crippen LogP contribution in [-0.4, -0.2) is 12.6 Å². The summed E-state index contributed by atoms with van der Waals surface area (Å²) in [6.45, 7) is 5.56. The molecule has 0 rings (SSSR count). The zero-order valence-corrected chi connectivity index (χ0v) is 9.81. The van der Waals surface area contributed by atoms with Gasteiger partial charge in [-0.15, -0.1) is 12.3 Å². The van der Waals surface area contributed by atoms with Gasteiger partial charge in [0.25, 0.3) is 0 Å². The molecular formula is C13H25N. The van der Waals surface area contributed by atoms with Crippen molar-refractivity contribution in [3.63, 3.8) is 0 Å². The van der Waals surface area contributed by atoms with Gasteiger partial charge in [-0.25, -0.2) is 0 Å². The fourth-order valence-corrected chi connectivity index (χ4v) is 1.54. The molecule has 0 heterocycles. The van der Waals surface area contributed by atoms with Gasteiger partial charge in [0.2, 0.25) is 0 Å². The zero-order valence-electron chi connectivity index (χ0n) is 9.81. The van der Waals surface area contributed by atoms with Crippen LogP contribution in [0.4, 0.5) is 0 Å². The number of rotatable bonds is 9.